The molecule has 4 heterocycles. The number of fused-ring (bicyclic) bond motifs is 3. The summed E-state index contributed by atoms with van der Waals surface area (Å²) in [6.07, 6.45) is 0. The number of benzene rings is 1. The maximum atomic E-state index is 13.5. The molecule has 0 aliphatic carbocycles. The fraction of sp³-hybridized carbons (Fsp3) is 0.435. The molecule has 0 bridgehead atoms. The van der Waals surface area contributed by atoms with E-state index in [2.05, 4.69) is 27.9 Å². The van der Waals surface area contributed by atoms with Gasteiger partial charge in [-0.3, -0.25) is 9.69 Å². The van der Waals surface area contributed by atoms with Crippen molar-refractivity contribution in [1.82, 2.24) is 29.3 Å². The Bertz CT molecular complexity index is 1160. The zero-order valence-electron chi connectivity index (χ0n) is 18.2. The number of carbonyl (C=O) groups is 1. The van der Waals surface area contributed by atoms with Crippen molar-refractivity contribution in [3.63, 3.8) is 0 Å². The number of nitrogens with zero attached hydrogens (tertiary/aromatic N) is 6. The fourth-order valence-electron chi connectivity index (χ4n) is 4.54. The van der Waals surface area contributed by atoms with Crippen molar-refractivity contribution < 1.29 is 4.79 Å². The molecule has 2 aliphatic heterocycles. The van der Waals surface area contributed by atoms with E-state index in [9.17, 15) is 4.79 Å². The van der Waals surface area contributed by atoms with Gasteiger partial charge in [0, 0.05) is 43.9 Å². The highest BCUT2D eigenvalue weighted by molar-refractivity contribution is 6.31. The first-order chi connectivity index (χ1) is 14.9. The Labute approximate surface area is 187 Å². The number of halogens is 1. The van der Waals surface area contributed by atoms with Crippen molar-refractivity contribution in [1.29, 1.82) is 0 Å². The summed E-state index contributed by atoms with van der Waals surface area (Å²) < 4.78 is 1.81. The zero-order chi connectivity index (χ0) is 21.7. The van der Waals surface area contributed by atoms with E-state index < -0.39 is 0 Å². The lowest BCUT2D eigenvalue weighted by Crippen LogP contribution is -2.44. The van der Waals surface area contributed by atoms with Crippen molar-refractivity contribution in [3.8, 4) is 0 Å². The number of piperazine rings is 1. The number of aromatic nitrogens is 3. The second-order valence-corrected chi connectivity index (χ2v) is 9.03. The monoisotopic (exact) mass is 438 g/mol. The van der Waals surface area contributed by atoms with E-state index in [0.29, 0.717) is 18.1 Å². The number of hydrogen-bond acceptors (Lipinski definition) is 5. The van der Waals surface area contributed by atoms with Crippen LogP contribution >= 0.6 is 11.6 Å². The number of rotatable bonds is 3. The Balaban J connectivity index is 1.39. The second kappa shape index (κ2) is 7.89. The Hall–Kier alpha value is -2.48. The summed E-state index contributed by atoms with van der Waals surface area (Å²) >= 11 is 6.35. The molecule has 2 aliphatic rings. The van der Waals surface area contributed by atoms with Gasteiger partial charge in [-0.1, -0.05) is 29.8 Å². The number of likely N-dealkylation sites (N-methyl/N-ethyl adjacent to an activating group) is 1. The Morgan fingerprint density at radius 3 is 2.61 bits per heavy atom. The predicted molar refractivity (Wildman–Crippen MR) is 120 cm³/mol. The second-order valence-electron chi connectivity index (χ2n) is 8.66. The van der Waals surface area contributed by atoms with Crippen molar-refractivity contribution in [2.75, 3.05) is 33.2 Å². The minimum absolute atomic E-state index is 0.0586. The highest BCUT2D eigenvalue weighted by Crippen LogP contribution is 2.30. The topological polar surface area (TPSA) is 57.0 Å². The van der Waals surface area contributed by atoms with Crippen molar-refractivity contribution >= 4 is 23.2 Å². The summed E-state index contributed by atoms with van der Waals surface area (Å²) in [6.45, 7) is 9.85. The van der Waals surface area contributed by atoms with Crippen LogP contribution in [0.1, 0.15) is 38.6 Å². The molecule has 1 saturated heterocycles. The lowest BCUT2D eigenvalue weighted by atomic mass is 10.1. The Kier molecular flexibility index (Phi) is 5.20. The number of hydrogen-bond donors (Lipinski definition) is 0. The van der Waals surface area contributed by atoms with Crippen LogP contribution in [0.4, 0.5) is 0 Å². The van der Waals surface area contributed by atoms with Gasteiger partial charge in [0.05, 0.1) is 35.2 Å². The smallest absolute Gasteiger partial charge is 0.254 e. The molecule has 0 atom stereocenters. The van der Waals surface area contributed by atoms with Crippen molar-refractivity contribution in [2.24, 2.45) is 0 Å². The average molecular weight is 439 g/mol. The average Bonchev–Trinajstić information content (AvgIpc) is 3.33. The van der Waals surface area contributed by atoms with Gasteiger partial charge in [0.1, 0.15) is 0 Å². The van der Waals surface area contributed by atoms with E-state index >= 15 is 0 Å². The summed E-state index contributed by atoms with van der Waals surface area (Å²) in [7, 11) is 2.15. The maximum Gasteiger partial charge on any atom is 0.254 e. The third-order valence-electron chi connectivity index (χ3n) is 6.48. The molecule has 0 radical (unpaired) electrons. The van der Waals surface area contributed by atoms with Gasteiger partial charge >= 0.3 is 0 Å². The molecule has 0 unspecified atom stereocenters. The molecule has 1 fully saturated rings. The minimum atomic E-state index is 0.0586. The molecular formula is C23H27ClN6O. The van der Waals surface area contributed by atoms with E-state index in [4.69, 9.17) is 16.7 Å². The number of carbonyl (C=O) groups excluding carboxylic acids is 1. The van der Waals surface area contributed by atoms with Crippen molar-refractivity contribution in [3.05, 3.63) is 63.1 Å². The molecule has 0 N–H and O–H groups in total. The van der Waals surface area contributed by atoms with Crippen LogP contribution in [0.5, 0.6) is 0 Å². The van der Waals surface area contributed by atoms with E-state index in [-0.39, 0.29) is 5.91 Å². The van der Waals surface area contributed by atoms with Gasteiger partial charge in [0.25, 0.3) is 5.91 Å². The third-order valence-corrected chi connectivity index (χ3v) is 7.03. The predicted octanol–water partition coefficient (Wildman–Crippen LogP) is 2.90. The SMILES string of the molecule is Cc1nc2c3c(nn2c(C)c1Cl)CN(C(=O)c1ccccc1CN1CCN(C)CC1)C3. The van der Waals surface area contributed by atoms with Gasteiger partial charge in [0.15, 0.2) is 5.65 Å². The maximum absolute atomic E-state index is 13.5. The summed E-state index contributed by atoms with van der Waals surface area (Å²) in [5, 5.41) is 5.35. The van der Waals surface area contributed by atoms with Crippen LogP contribution in [0.2, 0.25) is 5.02 Å². The minimum Gasteiger partial charge on any atom is -0.328 e. The van der Waals surface area contributed by atoms with E-state index in [1.807, 2.05) is 41.5 Å². The number of amides is 1. The van der Waals surface area contributed by atoms with Crippen LogP contribution in [-0.4, -0.2) is 68.4 Å². The van der Waals surface area contributed by atoms with Crippen LogP contribution in [0, 0.1) is 13.8 Å². The quantitative estimate of drug-likeness (QED) is 0.629. The molecule has 1 aromatic carbocycles. The van der Waals surface area contributed by atoms with Crippen LogP contribution in [0.3, 0.4) is 0 Å². The van der Waals surface area contributed by atoms with Crippen LogP contribution in [-0.2, 0) is 19.6 Å². The van der Waals surface area contributed by atoms with Gasteiger partial charge in [-0.25, -0.2) is 9.50 Å². The molecule has 31 heavy (non-hydrogen) atoms. The Morgan fingerprint density at radius 2 is 1.84 bits per heavy atom. The van der Waals surface area contributed by atoms with Crippen LogP contribution in [0.15, 0.2) is 24.3 Å². The molecule has 1 amide bonds. The van der Waals surface area contributed by atoms with Gasteiger partial charge in [-0.2, -0.15) is 5.10 Å². The van der Waals surface area contributed by atoms with Gasteiger partial charge < -0.3 is 9.80 Å². The molecule has 5 rings (SSSR count). The van der Waals surface area contributed by atoms with E-state index in [1.165, 1.54) is 0 Å². The first-order valence-electron chi connectivity index (χ1n) is 10.7. The van der Waals surface area contributed by atoms with Crippen molar-refractivity contribution in [2.45, 2.75) is 33.5 Å². The summed E-state index contributed by atoms with van der Waals surface area (Å²) in [6, 6.07) is 7.99. The standard InChI is InChI=1S/C23H27ClN6O/c1-15-21(24)16(2)30-22(25-15)19-13-29(14-20(19)26-30)23(31)18-7-5-4-6-17(18)12-28-10-8-27(3)9-11-28/h4-7H,8-14H2,1-3H3. The molecule has 3 aromatic rings. The van der Waals surface area contributed by atoms with Gasteiger partial charge in [0.2, 0.25) is 0 Å². The largest absolute Gasteiger partial charge is 0.328 e. The molecule has 0 saturated carbocycles. The molecular weight excluding hydrogens is 412 g/mol. The first-order valence-corrected chi connectivity index (χ1v) is 11.1. The fourth-order valence-corrected chi connectivity index (χ4v) is 4.66. The molecule has 0 spiro atoms. The summed E-state index contributed by atoms with van der Waals surface area (Å²) in [4.78, 5) is 24.8. The molecule has 162 valence electrons. The molecule has 2 aromatic heterocycles. The first kappa shape index (κ1) is 20.4. The van der Waals surface area contributed by atoms with E-state index in [1.54, 1.807) is 0 Å². The van der Waals surface area contributed by atoms with E-state index in [0.717, 1.165) is 72.1 Å². The van der Waals surface area contributed by atoms with Crippen LogP contribution in [0.25, 0.3) is 5.65 Å². The lowest BCUT2D eigenvalue weighted by Gasteiger charge is -2.32. The van der Waals surface area contributed by atoms with Gasteiger partial charge in [-0.15, -0.1) is 0 Å². The summed E-state index contributed by atoms with van der Waals surface area (Å²) in [5.41, 5.74) is 6.27. The van der Waals surface area contributed by atoms with Gasteiger partial charge in [-0.05, 0) is 32.5 Å². The third kappa shape index (κ3) is 3.60. The van der Waals surface area contributed by atoms with Crippen LogP contribution < -0.4 is 0 Å². The summed E-state index contributed by atoms with van der Waals surface area (Å²) in [5.74, 6) is 0.0586. The number of aryl methyl sites for hydroxylation is 2. The molecule has 7 nitrogen and oxygen atoms in total. The highest BCUT2D eigenvalue weighted by atomic mass is 35.5. The normalized spacial score (nSPS) is 17.5. The zero-order valence-corrected chi connectivity index (χ0v) is 19.0. The Morgan fingerprint density at radius 1 is 1.10 bits per heavy atom. The lowest BCUT2D eigenvalue weighted by molar-refractivity contribution is 0.0746. The highest BCUT2D eigenvalue weighted by Gasteiger charge is 2.31. The molecule has 8 heteroatoms.